The van der Waals surface area contributed by atoms with Gasteiger partial charge in [0.15, 0.2) is 0 Å². The zero-order valence-corrected chi connectivity index (χ0v) is 22.4. The molecule has 1 saturated heterocycles. The molecule has 3 aromatic rings. The number of hydrogen-bond donors (Lipinski definition) is 2. The summed E-state index contributed by atoms with van der Waals surface area (Å²) in [7, 11) is -3.43. The number of nitrogens with zero attached hydrogens (tertiary/aromatic N) is 3. The van der Waals surface area contributed by atoms with Gasteiger partial charge in [0, 0.05) is 44.8 Å². The van der Waals surface area contributed by atoms with Crippen LogP contribution >= 0.6 is 0 Å². The lowest BCUT2D eigenvalue weighted by Crippen LogP contribution is -2.47. The molecule has 0 unspecified atom stereocenters. The van der Waals surface area contributed by atoms with Crippen LogP contribution in [-0.2, 0) is 16.6 Å². The molecule has 1 aliphatic heterocycles. The van der Waals surface area contributed by atoms with Crippen LogP contribution in [0.4, 0.5) is 0 Å². The van der Waals surface area contributed by atoms with Crippen LogP contribution in [0.2, 0.25) is 0 Å². The summed E-state index contributed by atoms with van der Waals surface area (Å²) < 4.78 is 30.2. The zero-order chi connectivity index (χ0) is 26.6. The fourth-order valence-electron chi connectivity index (χ4n) is 4.51. The van der Waals surface area contributed by atoms with Crippen molar-refractivity contribution in [2.45, 2.75) is 39.0 Å². The minimum atomic E-state index is -3.43. The molecular weight excluding hydrogens is 490 g/mol. The van der Waals surface area contributed by atoms with E-state index in [1.807, 2.05) is 61.5 Å². The van der Waals surface area contributed by atoms with Crippen LogP contribution in [-0.4, -0.2) is 66.3 Å². The molecule has 1 amide bonds. The zero-order valence-electron chi connectivity index (χ0n) is 21.6. The van der Waals surface area contributed by atoms with Gasteiger partial charge in [-0.05, 0) is 38.8 Å². The van der Waals surface area contributed by atoms with Crippen molar-refractivity contribution in [3.8, 4) is 16.9 Å². The molecule has 10 heteroatoms. The van der Waals surface area contributed by atoms with Gasteiger partial charge in [-0.3, -0.25) is 13.9 Å². The fourth-order valence-corrected chi connectivity index (χ4v) is 5.27. The standard InChI is InChI=1S/C27H35N5O4S/c1-20(2)37(35,36)29-14-9-17-31-25(26(33)30-18-15-28-16-19-30)24(22-11-5-4-6-12-22)32(27(31)34)23-13-8-7-10-21(23)3/h4-8,10-13,20,28-29H,9,14-19H2,1-3H3. The highest BCUT2D eigenvalue weighted by atomic mass is 32.2. The van der Waals surface area contributed by atoms with Gasteiger partial charge in [-0.1, -0.05) is 48.5 Å². The molecule has 0 spiro atoms. The van der Waals surface area contributed by atoms with Crippen molar-refractivity contribution in [2.24, 2.45) is 0 Å². The number of sulfonamides is 1. The topological polar surface area (TPSA) is 105 Å². The smallest absolute Gasteiger partial charge is 0.333 e. The van der Waals surface area contributed by atoms with E-state index in [0.29, 0.717) is 49.7 Å². The summed E-state index contributed by atoms with van der Waals surface area (Å²) >= 11 is 0. The van der Waals surface area contributed by atoms with E-state index in [0.717, 1.165) is 11.1 Å². The molecule has 4 rings (SSSR count). The van der Waals surface area contributed by atoms with Crippen molar-refractivity contribution < 1.29 is 13.2 Å². The maximum Gasteiger partial charge on any atom is 0.333 e. The van der Waals surface area contributed by atoms with E-state index in [1.54, 1.807) is 23.3 Å². The number of benzene rings is 2. The second-order valence-corrected chi connectivity index (χ2v) is 11.8. The number of carbonyl (C=O) groups excluding carboxylic acids is 1. The van der Waals surface area contributed by atoms with Gasteiger partial charge >= 0.3 is 5.69 Å². The number of amides is 1. The quantitative estimate of drug-likeness (QED) is 0.418. The summed E-state index contributed by atoms with van der Waals surface area (Å²) in [5.41, 5.74) is 2.93. The van der Waals surface area contributed by atoms with Gasteiger partial charge in [0.1, 0.15) is 5.69 Å². The molecule has 2 aromatic carbocycles. The lowest BCUT2D eigenvalue weighted by Gasteiger charge is -2.28. The molecule has 2 heterocycles. The van der Waals surface area contributed by atoms with Crippen LogP contribution in [0, 0.1) is 6.92 Å². The van der Waals surface area contributed by atoms with Gasteiger partial charge in [0.05, 0.1) is 16.6 Å². The molecule has 0 radical (unpaired) electrons. The average Bonchev–Trinajstić information content (AvgIpc) is 3.19. The third-order valence-electron chi connectivity index (χ3n) is 6.63. The maximum atomic E-state index is 14.0. The molecule has 198 valence electrons. The Kier molecular flexibility index (Phi) is 8.31. The van der Waals surface area contributed by atoms with Crippen LogP contribution in [0.1, 0.15) is 36.3 Å². The van der Waals surface area contributed by atoms with Crippen LogP contribution in [0.5, 0.6) is 0 Å². The minimum absolute atomic E-state index is 0.171. The minimum Gasteiger partial charge on any atom is -0.335 e. The summed E-state index contributed by atoms with van der Waals surface area (Å²) in [4.78, 5) is 29.8. The number of nitrogens with one attached hydrogen (secondary N) is 2. The van der Waals surface area contributed by atoms with E-state index >= 15 is 0 Å². The summed E-state index contributed by atoms with van der Waals surface area (Å²) in [6.45, 7) is 8.01. The van der Waals surface area contributed by atoms with Crippen molar-refractivity contribution in [3.05, 3.63) is 76.3 Å². The fraction of sp³-hybridized carbons (Fsp3) is 0.407. The Balaban J connectivity index is 1.85. The van der Waals surface area contributed by atoms with Gasteiger partial charge in [-0.2, -0.15) is 0 Å². The number of aryl methyl sites for hydroxylation is 1. The van der Waals surface area contributed by atoms with E-state index in [1.165, 1.54) is 4.57 Å². The van der Waals surface area contributed by atoms with Crippen LogP contribution in [0.25, 0.3) is 16.9 Å². The summed E-state index contributed by atoms with van der Waals surface area (Å²) in [5, 5.41) is 2.71. The Morgan fingerprint density at radius 2 is 1.68 bits per heavy atom. The van der Waals surface area contributed by atoms with Crippen LogP contribution in [0.3, 0.4) is 0 Å². The Morgan fingerprint density at radius 1 is 1.03 bits per heavy atom. The second kappa shape index (κ2) is 11.5. The van der Waals surface area contributed by atoms with E-state index in [2.05, 4.69) is 10.0 Å². The first kappa shape index (κ1) is 26.8. The molecule has 0 saturated carbocycles. The number of aromatic nitrogens is 2. The molecule has 37 heavy (non-hydrogen) atoms. The highest BCUT2D eigenvalue weighted by molar-refractivity contribution is 7.90. The monoisotopic (exact) mass is 525 g/mol. The van der Waals surface area contributed by atoms with E-state index in [-0.39, 0.29) is 24.7 Å². The van der Waals surface area contributed by atoms with Crippen molar-refractivity contribution in [2.75, 3.05) is 32.7 Å². The molecule has 9 nitrogen and oxygen atoms in total. The lowest BCUT2D eigenvalue weighted by molar-refractivity contribution is 0.0725. The summed E-state index contributed by atoms with van der Waals surface area (Å²) in [6.07, 6.45) is 0.361. The number of carbonyl (C=O) groups is 1. The molecule has 0 atom stereocenters. The third kappa shape index (κ3) is 5.71. The second-order valence-electron chi connectivity index (χ2n) is 9.50. The molecular formula is C27H35N5O4S. The SMILES string of the molecule is Cc1ccccc1-n1c(-c2ccccc2)c(C(=O)N2CCNCC2)n(CCCNS(=O)(=O)C(C)C)c1=O. The summed E-state index contributed by atoms with van der Waals surface area (Å²) in [5.74, 6) is -0.201. The average molecular weight is 526 g/mol. The number of imidazole rings is 1. The Bertz CT molecular complexity index is 1400. The molecule has 2 N–H and O–H groups in total. The van der Waals surface area contributed by atoms with E-state index < -0.39 is 15.3 Å². The third-order valence-corrected chi connectivity index (χ3v) is 8.48. The van der Waals surface area contributed by atoms with Crippen LogP contribution in [0.15, 0.2) is 59.4 Å². The summed E-state index contributed by atoms with van der Waals surface area (Å²) in [6, 6.07) is 17.1. The Labute approximate surface area is 218 Å². The lowest BCUT2D eigenvalue weighted by atomic mass is 10.1. The van der Waals surface area contributed by atoms with Gasteiger partial charge < -0.3 is 10.2 Å². The van der Waals surface area contributed by atoms with Crippen molar-refractivity contribution in [1.29, 1.82) is 0 Å². The Hall–Kier alpha value is -3.21. The Morgan fingerprint density at radius 3 is 2.32 bits per heavy atom. The molecule has 0 aliphatic carbocycles. The van der Waals surface area contributed by atoms with Gasteiger partial charge in [-0.25, -0.2) is 17.9 Å². The predicted molar refractivity (Wildman–Crippen MR) is 146 cm³/mol. The van der Waals surface area contributed by atoms with Crippen molar-refractivity contribution >= 4 is 15.9 Å². The van der Waals surface area contributed by atoms with Gasteiger partial charge in [0.2, 0.25) is 10.0 Å². The molecule has 0 bridgehead atoms. The predicted octanol–water partition coefficient (Wildman–Crippen LogP) is 2.38. The highest BCUT2D eigenvalue weighted by Gasteiger charge is 2.31. The number of hydrogen-bond acceptors (Lipinski definition) is 5. The first-order valence-corrected chi connectivity index (χ1v) is 14.2. The van der Waals surface area contributed by atoms with E-state index in [4.69, 9.17) is 0 Å². The molecule has 1 aromatic heterocycles. The molecule has 1 fully saturated rings. The first-order valence-electron chi connectivity index (χ1n) is 12.7. The number of rotatable bonds is 9. The molecule has 1 aliphatic rings. The maximum absolute atomic E-state index is 14.0. The van der Waals surface area contributed by atoms with E-state index in [9.17, 15) is 18.0 Å². The van der Waals surface area contributed by atoms with Gasteiger partial charge in [0.25, 0.3) is 5.91 Å². The van der Waals surface area contributed by atoms with Crippen molar-refractivity contribution in [3.63, 3.8) is 0 Å². The number of para-hydroxylation sites is 1. The number of piperazine rings is 1. The first-order chi connectivity index (χ1) is 17.7. The van der Waals surface area contributed by atoms with Crippen molar-refractivity contribution in [1.82, 2.24) is 24.1 Å². The van der Waals surface area contributed by atoms with Crippen LogP contribution < -0.4 is 15.7 Å². The highest BCUT2D eigenvalue weighted by Crippen LogP contribution is 2.29. The normalized spacial score (nSPS) is 14.3. The van der Waals surface area contributed by atoms with Gasteiger partial charge in [-0.15, -0.1) is 0 Å². The largest absolute Gasteiger partial charge is 0.335 e.